The van der Waals surface area contributed by atoms with E-state index in [1.165, 1.54) is 0 Å². The summed E-state index contributed by atoms with van der Waals surface area (Å²) in [6.45, 7) is 0. The van der Waals surface area contributed by atoms with E-state index >= 15 is 0 Å². The monoisotopic (exact) mass is 277 g/mol. The molecule has 0 saturated carbocycles. The second-order valence-corrected chi connectivity index (χ2v) is 3.47. The number of thiol groups is 1. The van der Waals surface area contributed by atoms with Crippen molar-refractivity contribution >= 4 is 18.6 Å². The molecule has 1 aromatic carbocycles. The molecule has 0 aliphatic carbocycles. The molecule has 0 spiro atoms. The number of ether oxygens (including phenoxy) is 2. The molecule has 4 nitrogen and oxygen atoms in total. The van der Waals surface area contributed by atoms with Gasteiger partial charge in [0.25, 0.3) is 0 Å². The van der Waals surface area contributed by atoms with Gasteiger partial charge in [-0.05, 0) is 12.1 Å². The van der Waals surface area contributed by atoms with Gasteiger partial charge in [0, 0.05) is 4.90 Å². The van der Waals surface area contributed by atoms with Gasteiger partial charge in [-0.2, -0.15) is 5.26 Å². The van der Waals surface area contributed by atoms with Gasteiger partial charge in [0.15, 0.2) is 0 Å². The van der Waals surface area contributed by atoms with E-state index in [4.69, 9.17) is 5.26 Å². The van der Waals surface area contributed by atoms with Gasteiger partial charge in [-0.3, -0.25) is 0 Å². The first-order chi connectivity index (χ1) is 8.30. The van der Waals surface area contributed by atoms with Crippen molar-refractivity contribution in [1.82, 2.24) is 0 Å². The molecule has 8 heteroatoms. The van der Waals surface area contributed by atoms with Crippen LogP contribution in [0.3, 0.4) is 0 Å². The summed E-state index contributed by atoms with van der Waals surface area (Å²) in [5.74, 6) is -1.91. The average molecular weight is 277 g/mol. The molecule has 0 amide bonds. The molecule has 0 fully saturated rings. The van der Waals surface area contributed by atoms with Gasteiger partial charge in [0.2, 0.25) is 0 Å². The quantitative estimate of drug-likeness (QED) is 0.666. The van der Waals surface area contributed by atoms with Crippen LogP contribution in [0.5, 0.6) is 5.75 Å². The van der Waals surface area contributed by atoms with Gasteiger partial charge in [0.05, 0.1) is 12.7 Å². The molecule has 0 aliphatic rings. The second kappa shape index (κ2) is 5.18. The van der Waals surface area contributed by atoms with E-state index in [1.807, 2.05) is 0 Å². The average Bonchev–Trinajstić information content (AvgIpc) is 2.28. The Hall–Kier alpha value is -1.88. The molecule has 0 saturated heterocycles. The van der Waals surface area contributed by atoms with E-state index in [1.54, 1.807) is 6.07 Å². The third-order valence-corrected chi connectivity index (χ3v) is 2.24. The van der Waals surface area contributed by atoms with Gasteiger partial charge in [-0.15, -0.1) is 25.8 Å². The predicted octanol–water partition coefficient (Wildman–Crippen LogP) is 2.53. The Morgan fingerprint density at radius 1 is 1.44 bits per heavy atom. The molecular weight excluding hydrogens is 271 g/mol. The van der Waals surface area contributed by atoms with Crippen LogP contribution in [0.1, 0.15) is 15.9 Å². The number of methoxy groups -OCH3 is 1. The Bertz CT molecular complexity index is 522. The van der Waals surface area contributed by atoms with Crippen LogP contribution >= 0.6 is 12.6 Å². The Morgan fingerprint density at radius 3 is 2.50 bits per heavy atom. The standard InChI is InChI=1S/C10H6F3NO3S/c1-16-9(15)8-5(4-14)7(18)3-2-6(8)17-10(11,12)13/h2-3,18H,1H3. The van der Waals surface area contributed by atoms with Crippen molar-refractivity contribution < 1.29 is 27.4 Å². The Balaban J connectivity index is 3.44. The normalized spacial score (nSPS) is 10.7. The van der Waals surface area contributed by atoms with Crippen molar-refractivity contribution in [2.45, 2.75) is 11.3 Å². The first-order valence-electron chi connectivity index (χ1n) is 4.40. The lowest BCUT2D eigenvalue weighted by Crippen LogP contribution is -2.20. The van der Waals surface area contributed by atoms with E-state index in [-0.39, 0.29) is 10.5 Å². The number of hydrogen-bond acceptors (Lipinski definition) is 5. The van der Waals surface area contributed by atoms with Crippen LogP contribution in [0.4, 0.5) is 13.2 Å². The number of rotatable bonds is 2. The summed E-state index contributed by atoms with van der Waals surface area (Å²) in [5.41, 5.74) is -0.947. The summed E-state index contributed by atoms with van der Waals surface area (Å²) >= 11 is 3.87. The molecule has 0 N–H and O–H groups in total. The summed E-state index contributed by atoms with van der Waals surface area (Å²) < 4.78 is 44.4. The lowest BCUT2D eigenvalue weighted by atomic mass is 10.1. The SMILES string of the molecule is COC(=O)c1c(OC(F)(F)F)ccc(S)c1C#N. The molecule has 0 heterocycles. The van der Waals surface area contributed by atoms with Gasteiger partial charge < -0.3 is 9.47 Å². The fraction of sp³-hybridized carbons (Fsp3) is 0.200. The topological polar surface area (TPSA) is 59.3 Å². The molecule has 1 rings (SSSR count). The maximum absolute atomic E-state index is 12.1. The number of esters is 1. The zero-order chi connectivity index (χ0) is 13.9. The van der Waals surface area contributed by atoms with Crippen LogP contribution in [-0.4, -0.2) is 19.4 Å². The van der Waals surface area contributed by atoms with Crippen molar-refractivity contribution in [3.8, 4) is 11.8 Å². The van der Waals surface area contributed by atoms with Crippen LogP contribution in [0, 0.1) is 11.3 Å². The minimum atomic E-state index is -4.98. The Labute approximate surface area is 105 Å². The molecule has 96 valence electrons. The Kier molecular flexibility index (Phi) is 4.08. The van der Waals surface area contributed by atoms with Gasteiger partial charge in [0.1, 0.15) is 17.4 Å². The number of benzene rings is 1. The van der Waals surface area contributed by atoms with Crippen molar-refractivity contribution in [2.75, 3.05) is 7.11 Å². The summed E-state index contributed by atoms with van der Waals surface area (Å²) in [6, 6.07) is 3.59. The van der Waals surface area contributed by atoms with Crippen molar-refractivity contribution in [1.29, 1.82) is 5.26 Å². The highest BCUT2D eigenvalue weighted by Gasteiger charge is 2.34. The fourth-order valence-corrected chi connectivity index (χ4v) is 1.44. The van der Waals surface area contributed by atoms with Crippen LogP contribution in [0.15, 0.2) is 17.0 Å². The van der Waals surface area contributed by atoms with Gasteiger partial charge >= 0.3 is 12.3 Å². The number of carbonyl (C=O) groups excluding carboxylic acids is 1. The highest BCUT2D eigenvalue weighted by Crippen LogP contribution is 2.32. The van der Waals surface area contributed by atoms with Crippen molar-refractivity contribution in [3.63, 3.8) is 0 Å². The summed E-state index contributed by atoms with van der Waals surface area (Å²) in [7, 11) is 0.978. The fourth-order valence-electron chi connectivity index (χ4n) is 1.20. The zero-order valence-electron chi connectivity index (χ0n) is 8.91. The number of halogens is 3. The van der Waals surface area contributed by atoms with Gasteiger partial charge in [-0.1, -0.05) is 0 Å². The highest BCUT2D eigenvalue weighted by atomic mass is 32.1. The third kappa shape index (κ3) is 3.07. The number of hydrogen-bond donors (Lipinski definition) is 1. The molecule has 0 bridgehead atoms. The molecule has 0 atom stereocenters. The summed E-state index contributed by atoms with van der Waals surface area (Å²) in [4.78, 5) is 11.4. The molecule has 0 unspecified atom stereocenters. The second-order valence-electron chi connectivity index (χ2n) is 2.98. The van der Waals surface area contributed by atoms with Crippen molar-refractivity contribution in [3.05, 3.63) is 23.3 Å². The molecule has 18 heavy (non-hydrogen) atoms. The number of nitriles is 1. The largest absolute Gasteiger partial charge is 0.573 e. The number of nitrogens with zero attached hydrogens (tertiary/aromatic N) is 1. The van der Waals surface area contributed by atoms with E-state index in [9.17, 15) is 18.0 Å². The number of alkyl halides is 3. The van der Waals surface area contributed by atoms with Crippen molar-refractivity contribution in [2.24, 2.45) is 0 Å². The van der Waals surface area contributed by atoms with E-state index in [2.05, 4.69) is 22.1 Å². The van der Waals surface area contributed by atoms with Crippen LogP contribution in [0.2, 0.25) is 0 Å². The zero-order valence-corrected chi connectivity index (χ0v) is 9.80. The molecule has 0 aliphatic heterocycles. The minimum absolute atomic E-state index is 0.0485. The number of carbonyl (C=O) groups is 1. The lowest BCUT2D eigenvalue weighted by molar-refractivity contribution is -0.274. The molecule has 0 radical (unpaired) electrons. The molecule has 1 aromatic rings. The first-order valence-corrected chi connectivity index (χ1v) is 4.85. The first kappa shape index (κ1) is 14.2. The van der Waals surface area contributed by atoms with E-state index in [0.29, 0.717) is 0 Å². The molecule has 0 aromatic heterocycles. The van der Waals surface area contributed by atoms with Crippen LogP contribution in [0.25, 0.3) is 0 Å². The lowest BCUT2D eigenvalue weighted by Gasteiger charge is -2.13. The summed E-state index contributed by atoms with van der Waals surface area (Å²) in [6.07, 6.45) is -4.98. The van der Waals surface area contributed by atoms with E-state index in [0.717, 1.165) is 19.2 Å². The Morgan fingerprint density at radius 2 is 2.06 bits per heavy atom. The third-order valence-electron chi connectivity index (χ3n) is 1.87. The van der Waals surface area contributed by atoms with Crippen LogP contribution < -0.4 is 4.74 Å². The smallest absolute Gasteiger partial charge is 0.465 e. The maximum atomic E-state index is 12.1. The van der Waals surface area contributed by atoms with Gasteiger partial charge in [-0.25, -0.2) is 4.79 Å². The minimum Gasteiger partial charge on any atom is -0.465 e. The highest BCUT2D eigenvalue weighted by molar-refractivity contribution is 7.80. The van der Waals surface area contributed by atoms with Crippen LogP contribution in [-0.2, 0) is 4.74 Å². The molecular formula is C10H6F3NO3S. The van der Waals surface area contributed by atoms with E-state index < -0.39 is 23.6 Å². The summed E-state index contributed by atoms with van der Waals surface area (Å²) in [5, 5.41) is 8.82. The maximum Gasteiger partial charge on any atom is 0.573 e. The predicted molar refractivity (Wildman–Crippen MR) is 56.4 cm³/mol.